The number of aromatic nitrogens is 5. The van der Waals surface area contributed by atoms with Gasteiger partial charge >= 0.3 is 0 Å². The zero-order valence-electron chi connectivity index (χ0n) is 13.5. The van der Waals surface area contributed by atoms with E-state index in [2.05, 4.69) is 25.4 Å². The van der Waals surface area contributed by atoms with E-state index in [-0.39, 0.29) is 11.9 Å². The maximum absolute atomic E-state index is 12.3. The number of anilines is 1. The summed E-state index contributed by atoms with van der Waals surface area (Å²) >= 11 is 0. The first kappa shape index (κ1) is 14.7. The first-order valence-electron chi connectivity index (χ1n) is 8.04. The van der Waals surface area contributed by atoms with Crippen LogP contribution in [0.25, 0.3) is 5.65 Å². The Morgan fingerprint density at radius 2 is 2.25 bits per heavy atom. The summed E-state index contributed by atoms with van der Waals surface area (Å²) in [7, 11) is 1.80. The summed E-state index contributed by atoms with van der Waals surface area (Å²) in [4.78, 5) is 19.1. The Bertz CT molecular complexity index is 868. The van der Waals surface area contributed by atoms with Gasteiger partial charge in [-0.15, -0.1) is 0 Å². The van der Waals surface area contributed by atoms with Crippen molar-refractivity contribution < 1.29 is 4.79 Å². The SMILES string of the molecule is Cn1cc(C(=O)NC2CCCN(c3ccn4nccc4n3)C2)cn1. The number of fused-ring (bicyclic) bond motifs is 1. The molecule has 1 N–H and O–H groups in total. The molecule has 3 aromatic heterocycles. The number of piperidine rings is 1. The molecule has 1 atom stereocenters. The van der Waals surface area contributed by atoms with Crippen LogP contribution in [0.3, 0.4) is 0 Å². The van der Waals surface area contributed by atoms with Crippen molar-refractivity contribution in [3.8, 4) is 0 Å². The monoisotopic (exact) mass is 325 g/mol. The average Bonchev–Trinajstić information content (AvgIpc) is 3.23. The van der Waals surface area contributed by atoms with Gasteiger partial charge in [0.05, 0.1) is 18.0 Å². The maximum atomic E-state index is 12.3. The van der Waals surface area contributed by atoms with Gasteiger partial charge in [-0.1, -0.05) is 0 Å². The van der Waals surface area contributed by atoms with Crippen molar-refractivity contribution in [1.82, 2.24) is 29.7 Å². The number of hydrogen-bond acceptors (Lipinski definition) is 5. The molecule has 0 spiro atoms. The molecule has 124 valence electrons. The van der Waals surface area contributed by atoms with Crippen LogP contribution < -0.4 is 10.2 Å². The number of nitrogens with one attached hydrogen (secondary N) is 1. The van der Waals surface area contributed by atoms with Gasteiger partial charge in [-0.25, -0.2) is 9.50 Å². The molecule has 0 bridgehead atoms. The predicted octanol–water partition coefficient (Wildman–Crippen LogP) is 0.862. The van der Waals surface area contributed by atoms with Crippen LogP contribution in [-0.2, 0) is 7.05 Å². The molecule has 1 aliphatic rings. The fourth-order valence-electron chi connectivity index (χ4n) is 3.09. The standard InChI is InChI=1S/C16H19N7O/c1-21-10-12(9-18-21)16(24)19-13-3-2-7-22(11-13)14-5-8-23-15(20-14)4-6-17-23/h4-6,8-10,13H,2-3,7,11H2,1H3,(H,19,24). The molecule has 8 nitrogen and oxygen atoms in total. The van der Waals surface area contributed by atoms with Crippen LogP contribution in [0, 0.1) is 0 Å². The molecule has 4 rings (SSSR count). The molecule has 1 fully saturated rings. The van der Waals surface area contributed by atoms with Crippen LogP contribution in [0.1, 0.15) is 23.2 Å². The van der Waals surface area contributed by atoms with Crippen LogP contribution in [0.4, 0.5) is 5.82 Å². The molecule has 0 saturated carbocycles. The van der Waals surface area contributed by atoms with Gasteiger partial charge in [-0.2, -0.15) is 10.2 Å². The number of nitrogens with zero attached hydrogens (tertiary/aromatic N) is 6. The largest absolute Gasteiger partial charge is 0.354 e. The minimum atomic E-state index is -0.0749. The van der Waals surface area contributed by atoms with E-state index in [9.17, 15) is 4.79 Å². The van der Waals surface area contributed by atoms with Crippen LogP contribution in [0.2, 0.25) is 0 Å². The highest BCUT2D eigenvalue weighted by Gasteiger charge is 2.23. The highest BCUT2D eigenvalue weighted by molar-refractivity contribution is 5.93. The first-order chi connectivity index (χ1) is 11.7. The number of carbonyl (C=O) groups is 1. The molecule has 1 saturated heterocycles. The molecule has 1 unspecified atom stereocenters. The third-order valence-electron chi connectivity index (χ3n) is 4.29. The van der Waals surface area contributed by atoms with E-state index in [1.807, 2.05) is 18.3 Å². The van der Waals surface area contributed by atoms with E-state index in [4.69, 9.17) is 0 Å². The van der Waals surface area contributed by atoms with Crippen LogP contribution in [0.15, 0.2) is 36.9 Å². The number of rotatable bonds is 3. The number of carbonyl (C=O) groups excluding carboxylic acids is 1. The normalized spacial score (nSPS) is 18.0. The molecule has 4 heterocycles. The lowest BCUT2D eigenvalue weighted by atomic mass is 10.1. The van der Waals surface area contributed by atoms with Crippen molar-refractivity contribution in [3.05, 3.63) is 42.5 Å². The summed E-state index contributed by atoms with van der Waals surface area (Å²) in [5, 5.41) is 11.3. The fraction of sp³-hybridized carbons (Fsp3) is 0.375. The summed E-state index contributed by atoms with van der Waals surface area (Å²) < 4.78 is 3.38. The molecular formula is C16H19N7O. The Balaban J connectivity index is 1.46. The lowest BCUT2D eigenvalue weighted by Gasteiger charge is -2.33. The van der Waals surface area contributed by atoms with Gasteiger partial charge in [0, 0.05) is 44.6 Å². The zero-order valence-corrected chi connectivity index (χ0v) is 13.5. The minimum absolute atomic E-state index is 0.0749. The van der Waals surface area contributed by atoms with Gasteiger partial charge in [-0.3, -0.25) is 9.48 Å². The lowest BCUT2D eigenvalue weighted by Crippen LogP contribution is -2.48. The summed E-state index contributed by atoms with van der Waals surface area (Å²) in [6.07, 6.45) is 8.95. The first-order valence-corrected chi connectivity index (χ1v) is 8.04. The Kier molecular flexibility index (Phi) is 3.64. The van der Waals surface area contributed by atoms with Gasteiger partial charge < -0.3 is 10.2 Å². The van der Waals surface area contributed by atoms with Crippen LogP contribution >= 0.6 is 0 Å². The highest BCUT2D eigenvalue weighted by Crippen LogP contribution is 2.18. The average molecular weight is 325 g/mol. The van der Waals surface area contributed by atoms with Gasteiger partial charge in [0.1, 0.15) is 5.82 Å². The second-order valence-corrected chi connectivity index (χ2v) is 6.08. The van der Waals surface area contributed by atoms with E-state index in [0.29, 0.717) is 5.56 Å². The molecule has 8 heteroatoms. The number of amides is 1. The van der Waals surface area contributed by atoms with Gasteiger partial charge in [0.25, 0.3) is 5.91 Å². The molecule has 24 heavy (non-hydrogen) atoms. The van der Waals surface area contributed by atoms with E-state index in [1.54, 1.807) is 34.8 Å². The summed E-state index contributed by atoms with van der Waals surface area (Å²) in [5.41, 5.74) is 1.42. The van der Waals surface area contributed by atoms with E-state index in [0.717, 1.165) is 37.4 Å². The lowest BCUT2D eigenvalue weighted by molar-refractivity contribution is 0.0933. The van der Waals surface area contributed by atoms with Crippen LogP contribution in [0.5, 0.6) is 0 Å². The smallest absolute Gasteiger partial charge is 0.254 e. The van der Waals surface area contributed by atoms with Crippen molar-refractivity contribution in [2.75, 3.05) is 18.0 Å². The second-order valence-electron chi connectivity index (χ2n) is 6.08. The Labute approximate surface area is 139 Å². The van der Waals surface area contributed by atoms with Crippen molar-refractivity contribution in [2.24, 2.45) is 7.05 Å². The minimum Gasteiger partial charge on any atom is -0.354 e. The molecule has 0 aliphatic carbocycles. The summed E-state index contributed by atoms with van der Waals surface area (Å²) in [6, 6.07) is 3.95. The molecule has 1 aliphatic heterocycles. The Hall–Kier alpha value is -2.90. The van der Waals surface area contributed by atoms with Crippen molar-refractivity contribution >= 4 is 17.4 Å². The Morgan fingerprint density at radius 1 is 1.33 bits per heavy atom. The third-order valence-corrected chi connectivity index (χ3v) is 4.29. The van der Waals surface area contributed by atoms with E-state index < -0.39 is 0 Å². The van der Waals surface area contributed by atoms with Gasteiger partial charge in [-0.05, 0) is 18.9 Å². The molecule has 0 radical (unpaired) electrons. The second kappa shape index (κ2) is 5.95. The van der Waals surface area contributed by atoms with Crippen molar-refractivity contribution in [1.29, 1.82) is 0 Å². The number of aryl methyl sites for hydroxylation is 1. The predicted molar refractivity (Wildman–Crippen MR) is 88.9 cm³/mol. The molecular weight excluding hydrogens is 306 g/mol. The summed E-state index contributed by atoms with van der Waals surface area (Å²) in [5.74, 6) is 0.845. The van der Waals surface area contributed by atoms with Crippen LogP contribution in [-0.4, -0.2) is 49.4 Å². The third kappa shape index (κ3) is 2.82. The van der Waals surface area contributed by atoms with E-state index >= 15 is 0 Å². The summed E-state index contributed by atoms with van der Waals surface area (Å²) in [6.45, 7) is 1.69. The maximum Gasteiger partial charge on any atom is 0.254 e. The number of hydrogen-bond donors (Lipinski definition) is 1. The highest BCUT2D eigenvalue weighted by atomic mass is 16.1. The van der Waals surface area contributed by atoms with Crippen molar-refractivity contribution in [2.45, 2.75) is 18.9 Å². The Morgan fingerprint density at radius 3 is 3.08 bits per heavy atom. The topological polar surface area (TPSA) is 80.4 Å². The van der Waals surface area contributed by atoms with E-state index in [1.165, 1.54) is 0 Å². The molecule has 0 aromatic carbocycles. The fourth-order valence-corrected chi connectivity index (χ4v) is 3.09. The zero-order chi connectivity index (χ0) is 16.5. The quantitative estimate of drug-likeness (QED) is 0.772. The molecule has 3 aromatic rings. The molecule has 1 amide bonds. The van der Waals surface area contributed by atoms with Crippen molar-refractivity contribution in [3.63, 3.8) is 0 Å². The van der Waals surface area contributed by atoms with Gasteiger partial charge in [0.2, 0.25) is 0 Å². The van der Waals surface area contributed by atoms with Gasteiger partial charge in [0.15, 0.2) is 5.65 Å².